The van der Waals surface area contributed by atoms with Crippen molar-refractivity contribution < 1.29 is 48.5 Å². The number of rotatable bonds is 16. The molecule has 2 heterocycles. The number of carboxylic acid groups (broad SMARTS) is 2. The Bertz CT molecular complexity index is 2190. The van der Waals surface area contributed by atoms with Crippen LogP contribution < -0.4 is 0 Å². The highest BCUT2D eigenvalue weighted by Gasteiger charge is 2.24. The largest absolute Gasteiger partial charge is 0.481 e. The van der Waals surface area contributed by atoms with E-state index >= 15 is 0 Å². The van der Waals surface area contributed by atoms with Crippen LogP contribution in [0.1, 0.15) is 138 Å². The average molecular weight is 957 g/mol. The lowest BCUT2D eigenvalue weighted by molar-refractivity contribution is -0.137. The van der Waals surface area contributed by atoms with Crippen molar-refractivity contribution in [3.63, 3.8) is 0 Å². The Hall–Kier alpha value is -5.60. The van der Waals surface area contributed by atoms with Gasteiger partial charge in [0.05, 0.1) is 30.9 Å². The van der Waals surface area contributed by atoms with Crippen molar-refractivity contribution in [1.82, 2.24) is 19.6 Å². The third kappa shape index (κ3) is 20.9. The van der Waals surface area contributed by atoms with E-state index in [-0.39, 0.29) is 30.2 Å². The van der Waals surface area contributed by atoms with Gasteiger partial charge in [0.15, 0.2) is 0 Å². The van der Waals surface area contributed by atoms with Gasteiger partial charge in [-0.05, 0) is 147 Å². The van der Waals surface area contributed by atoms with Crippen molar-refractivity contribution in [1.29, 1.82) is 0 Å². The first-order chi connectivity index (χ1) is 32.4. The van der Waals surface area contributed by atoms with Crippen LogP contribution in [0.5, 0.6) is 0 Å². The summed E-state index contributed by atoms with van der Waals surface area (Å²) in [5, 5.41) is 17.6. The lowest BCUT2D eigenvalue weighted by Gasteiger charge is -2.36. The normalized spacial score (nSPS) is 14.4. The summed E-state index contributed by atoms with van der Waals surface area (Å²) < 4.78 is 9.35. The van der Waals surface area contributed by atoms with Gasteiger partial charge in [-0.25, -0.2) is 14.4 Å². The molecule has 0 aliphatic carbocycles. The maximum atomic E-state index is 12.6. The molecule has 0 bridgehead atoms. The molecule has 0 spiro atoms. The Labute approximate surface area is 411 Å². The van der Waals surface area contributed by atoms with Crippen LogP contribution in [0.2, 0.25) is 0 Å². The monoisotopic (exact) mass is 957 g/mol. The van der Waals surface area contributed by atoms with Crippen molar-refractivity contribution in [2.24, 2.45) is 10.8 Å². The van der Waals surface area contributed by atoms with Crippen LogP contribution in [0.3, 0.4) is 0 Å². The van der Waals surface area contributed by atoms with E-state index in [1.54, 1.807) is 36.4 Å². The van der Waals surface area contributed by atoms with Crippen molar-refractivity contribution in [3.8, 4) is 0 Å². The molecule has 3 aromatic carbocycles. The predicted octanol–water partition coefficient (Wildman–Crippen LogP) is 8.30. The first-order valence-corrected chi connectivity index (χ1v) is 24.3. The molecule has 0 saturated carbocycles. The molecular weight excluding hydrogens is 877 g/mol. The summed E-state index contributed by atoms with van der Waals surface area (Å²) in [5.41, 5.74) is 8.00. The number of carbonyl (C=O) groups is 6. The Morgan fingerprint density at radius 3 is 1.10 bits per heavy atom. The van der Waals surface area contributed by atoms with Crippen LogP contribution >= 0.6 is 0 Å². The van der Waals surface area contributed by atoms with Gasteiger partial charge >= 0.3 is 23.9 Å². The highest BCUT2D eigenvalue weighted by molar-refractivity contribution is 5.90. The standard InChI is InChI=1S/C22H34N2O3.C21H32N2O3.C12H14O4/c1-17-16-19(21(26)27-5)7-6-18(17)8-9-20(25)24-14-12-23(13-15-24)11-10-22(2,3)4;1-16-15-18(20(25)26)6-5-17(16)7-8-19(24)23-13-11-22(12-14-23)10-9-21(2,3)4;1-8-7-10(12(15)16-2)4-3-9(8)5-6-11(13)14/h6-7,16H,8-15H2,1-5H3;5-6,15H,7-14H2,1-4H3,(H,25,26);3-4,7H,5-6H2,1-2H3,(H,13,14). The van der Waals surface area contributed by atoms with E-state index in [1.807, 2.05) is 48.8 Å². The predicted molar refractivity (Wildman–Crippen MR) is 270 cm³/mol. The molecule has 0 atom stereocenters. The fraction of sp³-hybridized carbons (Fsp3) is 0.564. The third-order valence-corrected chi connectivity index (χ3v) is 12.7. The number of nitrogens with zero attached hydrogens (tertiary/aromatic N) is 4. The van der Waals surface area contributed by atoms with Crippen molar-refractivity contribution >= 4 is 35.7 Å². The molecule has 2 N–H and O–H groups in total. The van der Waals surface area contributed by atoms with Crippen LogP contribution in [0.15, 0.2) is 54.6 Å². The van der Waals surface area contributed by atoms with Crippen LogP contribution in [0.4, 0.5) is 0 Å². The summed E-state index contributed by atoms with van der Waals surface area (Å²) in [6, 6.07) is 15.8. The summed E-state index contributed by atoms with van der Waals surface area (Å²) in [6.45, 7) is 28.6. The molecular formula is C55H80N4O10. The Morgan fingerprint density at radius 1 is 0.493 bits per heavy atom. The molecule has 2 saturated heterocycles. The topological polar surface area (TPSA) is 174 Å². The van der Waals surface area contributed by atoms with Crippen LogP contribution in [-0.2, 0) is 43.1 Å². The SMILES string of the molecule is COC(=O)c1ccc(CCC(=O)N2CCN(CCC(C)(C)C)CC2)c(C)c1.COC(=O)c1ccc(CCC(=O)O)c(C)c1.Cc1cc(C(=O)O)ccc1CCC(=O)N1CCN(CCC(C)(C)C)CC1. The summed E-state index contributed by atoms with van der Waals surface area (Å²) >= 11 is 0. The van der Waals surface area contributed by atoms with Crippen LogP contribution in [0, 0.1) is 31.6 Å². The summed E-state index contributed by atoms with van der Waals surface area (Å²) in [4.78, 5) is 78.2. The van der Waals surface area contributed by atoms with E-state index in [0.717, 1.165) is 98.8 Å². The number of methoxy groups -OCH3 is 2. The molecule has 2 amide bonds. The van der Waals surface area contributed by atoms with E-state index in [0.29, 0.717) is 59.6 Å². The average Bonchev–Trinajstić information content (AvgIpc) is 3.30. The van der Waals surface area contributed by atoms with Crippen LogP contribution in [0.25, 0.3) is 0 Å². The quantitative estimate of drug-likeness (QED) is 0.132. The number of aromatic carboxylic acids is 1. The minimum Gasteiger partial charge on any atom is -0.481 e. The molecule has 0 aromatic heterocycles. The summed E-state index contributed by atoms with van der Waals surface area (Å²) in [6.07, 6.45) is 5.29. The number of ether oxygens (including phenoxy) is 2. The number of amides is 2. The number of esters is 2. The summed E-state index contributed by atoms with van der Waals surface area (Å²) in [5.74, 6) is -2.03. The van der Waals surface area contributed by atoms with E-state index in [9.17, 15) is 28.8 Å². The van der Waals surface area contributed by atoms with Gasteiger partial charge in [0, 0.05) is 71.6 Å². The number of hydrogen-bond acceptors (Lipinski definition) is 10. The molecule has 2 aliphatic heterocycles. The first kappa shape index (κ1) is 57.7. The minimum atomic E-state index is -0.917. The molecule has 14 nitrogen and oxygen atoms in total. The van der Waals surface area contributed by atoms with Gasteiger partial charge in [-0.1, -0.05) is 59.7 Å². The van der Waals surface area contributed by atoms with Gasteiger partial charge in [0.1, 0.15) is 0 Å². The van der Waals surface area contributed by atoms with Crippen molar-refractivity contribution in [2.75, 3.05) is 79.7 Å². The highest BCUT2D eigenvalue weighted by Crippen LogP contribution is 2.22. The first-order valence-electron chi connectivity index (χ1n) is 24.3. The van der Waals surface area contributed by atoms with Gasteiger partial charge in [-0.3, -0.25) is 24.2 Å². The summed E-state index contributed by atoms with van der Waals surface area (Å²) in [7, 11) is 2.71. The number of aliphatic carboxylic acids is 1. The Morgan fingerprint density at radius 2 is 0.812 bits per heavy atom. The number of benzene rings is 3. The maximum absolute atomic E-state index is 12.6. The van der Waals surface area contributed by atoms with E-state index < -0.39 is 11.9 Å². The molecule has 0 unspecified atom stereocenters. The van der Waals surface area contributed by atoms with E-state index in [1.165, 1.54) is 27.1 Å². The lowest BCUT2D eigenvalue weighted by atomic mass is 9.92. The number of carboxylic acids is 2. The molecule has 2 fully saturated rings. The fourth-order valence-corrected chi connectivity index (χ4v) is 8.02. The van der Waals surface area contributed by atoms with Gasteiger partial charge < -0.3 is 29.5 Å². The van der Waals surface area contributed by atoms with E-state index in [4.69, 9.17) is 14.9 Å². The molecule has 0 radical (unpaired) electrons. The van der Waals surface area contributed by atoms with Crippen LogP contribution in [-0.4, -0.2) is 145 Å². The van der Waals surface area contributed by atoms with Crippen molar-refractivity contribution in [2.45, 2.75) is 114 Å². The van der Waals surface area contributed by atoms with Gasteiger partial charge in [-0.2, -0.15) is 0 Å². The van der Waals surface area contributed by atoms with E-state index in [2.05, 4.69) is 56.1 Å². The lowest BCUT2D eigenvalue weighted by Crippen LogP contribution is -2.49. The Balaban J connectivity index is 0.000000283. The molecule has 2 aliphatic rings. The smallest absolute Gasteiger partial charge is 0.337 e. The molecule has 380 valence electrons. The zero-order valence-corrected chi connectivity index (χ0v) is 43.4. The molecule has 69 heavy (non-hydrogen) atoms. The number of piperazine rings is 2. The minimum absolute atomic E-state index is 0.0956. The Kier molecular flexibility index (Phi) is 23.0. The van der Waals surface area contributed by atoms with Gasteiger partial charge in [0.2, 0.25) is 11.8 Å². The second kappa shape index (κ2) is 27.6. The highest BCUT2D eigenvalue weighted by atomic mass is 16.5. The maximum Gasteiger partial charge on any atom is 0.337 e. The van der Waals surface area contributed by atoms with Crippen molar-refractivity contribution in [3.05, 3.63) is 105 Å². The fourth-order valence-electron chi connectivity index (χ4n) is 8.02. The zero-order valence-electron chi connectivity index (χ0n) is 43.4. The number of hydrogen-bond donors (Lipinski definition) is 2. The molecule has 14 heteroatoms. The van der Waals surface area contributed by atoms with Gasteiger partial charge in [-0.15, -0.1) is 0 Å². The second-order valence-electron chi connectivity index (χ2n) is 20.7. The third-order valence-electron chi connectivity index (χ3n) is 12.7. The second-order valence-corrected chi connectivity index (χ2v) is 20.7. The van der Waals surface area contributed by atoms with Gasteiger partial charge in [0.25, 0.3) is 0 Å². The number of aryl methyl sites for hydroxylation is 6. The number of carbonyl (C=O) groups excluding carboxylic acids is 4. The molecule has 5 rings (SSSR count). The zero-order chi connectivity index (χ0) is 51.5. The molecule has 3 aromatic rings.